The summed E-state index contributed by atoms with van der Waals surface area (Å²) in [6, 6.07) is 25.9. The Kier molecular flexibility index (Phi) is 4.32. The summed E-state index contributed by atoms with van der Waals surface area (Å²) < 4.78 is 2.07. The lowest BCUT2D eigenvalue weighted by molar-refractivity contribution is 0.102. The number of nitrogens with zero attached hydrogens (tertiary/aromatic N) is 2. The number of aryl methyl sites for hydroxylation is 2. The predicted molar refractivity (Wildman–Crippen MR) is 122 cm³/mol. The van der Waals surface area contributed by atoms with Crippen LogP contribution in [0.25, 0.3) is 27.5 Å². The Morgan fingerprint density at radius 1 is 0.900 bits per heavy atom. The largest absolute Gasteiger partial charge is 0.321 e. The van der Waals surface area contributed by atoms with Gasteiger partial charge in [0, 0.05) is 16.6 Å². The van der Waals surface area contributed by atoms with E-state index in [1.165, 1.54) is 11.1 Å². The highest BCUT2D eigenvalue weighted by molar-refractivity contribution is 6.10. The van der Waals surface area contributed by atoms with Crippen molar-refractivity contribution in [3.63, 3.8) is 0 Å². The van der Waals surface area contributed by atoms with Crippen LogP contribution < -0.4 is 5.32 Å². The number of fused-ring (bicyclic) bond motifs is 2. The van der Waals surface area contributed by atoms with Crippen LogP contribution in [0.2, 0.25) is 0 Å². The first-order chi connectivity index (χ1) is 14.6. The van der Waals surface area contributed by atoms with Gasteiger partial charge in [-0.1, -0.05) is 54.1 Å². The zero-order chi connectivity index (χ0) is 20.7. The second-order valence-corrected chi connectivity index (χ2v) is 7.59. The van der Waals surface area contributed by atoms with Gasteiger partial charge in [-0.25, -0.2) is 4.98 Å². The highest BCUT2D eigenvalue weighted by atomic mass is 16.1. The monoisotopic (exact) mass is 391 g/mol. The molecule has 0 unspecified atom stereocenters. The van der Waals surface area contributed by atoms with Crippen molar-refractivity contribution in [1.82, 2.24) is 9.55 Å². The van der Waals surface area contributed by atoms with Crippen molar-refractivity contribution in [2.75, 3.05) is 5.32 Å². The standard InChI is InChI=1S/C26H21N3O/c1-17-10-12-24(18(2)14-17)29-16-27-23-15-20(11-13-25(23)29)26(30)28-22-9-5-7-19-6-3-4-8-21(19)22/h3-16H,1-2H3,(H,28,30). The van der Waals surface area contributed by atoms with E-state index in [0.29, 0.717) is 5.56 Å². The molecule has 4 heteroatoms. The summed E-state index contributed by atoms with van der Waals surface area (Å²) in [5.41, 5.74) is 6.67. The maximum absolute atomic E-state index is 12.9. The van der Waals surface area contributed by atoms with E-state index < -0.39 is 0 Å². The third-order valence-corrected chi connectivity index (χ3v) is 5.46. The number of rotatable bonds is 3. The van der Waals surface area contributed by atoms with E-state index in [0.717, 1.165) is 33.2 Å². The van der Waals surface area contributed by atoms with Gasteiger partial charge in [-0.05, 0) is 55.1 Å². The van der Waals surface area contributed by atoms with Gasteiger partial charge in [-0.3, -0.25) is 9.36 Å². The van der Waals surface area contributed by atoms with Gasteiger partial charge in [-0.15, -0.1) is 0 Å². The van der Waals surface area contributed by atoms with Crippen LogP contribution in [0.1, 0.15) is 21.5 Å². The molecular weight excluding hydrogens is 370 g/mol. The summed E-state index contributed by atoms with van der Waals surface area (Å²) in [6.45, 7) is 4.18. The molecule has 30 heavy (non-hydrogen) atoms. The van der Waals surface area contributed by atoms with Crippen molar-refractivity contribution < 1.29 is 4.79 Å². The van der Waals surface area contributed by atoms with Crippen molar-refractivity contribution in [3.8, 4) is 5.69 Å². The van der Waals surface area contributed by atoms with Crippen LogP contribution in [0.4, 0.5) is 5.69 Å². The minimum Gasteiger partial charge on any atom is -0.321 e. The number of amides is 1. The molecule has 0 atom stereocenters. The molecule has 0 bridgehead atoms. The topological polar surface area (TPSA) is 46.9 Å². The molecule has 0 saturated heterocycles. The number of hydrogen-bond donors (Lipinski definition) is 1. The Balaban J connectivity index is 1.49. The molecule has 1 N–H and O–H groups in total. The smallest absolute Gasteiger partial charge is 0.255 e. The van der Waals surface area contributed by atoms with Crippen LogP contribution in [-0.2, 0) is 0 Å². The fraction of sp³-hybridized carbons (Fsp3) is 0.0769. The molecule has 146 valence electrons. The van der Waals surface area contributed by atoms with E-state index >= 15 is 0 Å². The van der Waals surface area contributed by atoms with Crippen molar-refractivity contribution in [2.45, 2.75) is 13.8 Å². The number of carbonyl (C=O) groups is 1. The maximum Gasteiger partial charge on any atom is 0.255 e. The van der Waals surface area contributed by atoms with Gasteiger partial charge in [0.1, 0.15) is 6.33 Å². The van der Waals surface area contributed by atoms with Crippen molar-refractivity contribution in [2.24, 2.45) is 0 Å². The molecule has 4 aromatic carbocycles. The van der Waals surface area contributed by atoms with E-state index in [1.807, 2.05) is 67.0 Å². The molecule has 5 aromatic rings. The Hall–Kier alpha value is -3.92. The average Bonchev–Trinajstić information content (AvgIpc) is 3.17. The fourth-order valence-corrected chi connectivity index (χ4v) is 3.95. The molecule has 4 nitrogen and oxygen atoms in total. The molecule has 0 spiro atoms. The molecule has 1 amide bonds. The molecule has 1 heterocycles. The summed E-state index contributed by atoms with van der Waals surface area (Å²) in [5.74, 6) is -0.144. The molecule has 0 saturated carbocycles. The quantitative estimate of drug-likeness (QED) is 0.407. The van der Waals surface area contributed by atoms with Crippen LogP contribution in [0, 0.1) is 13.8 Å². The van der Waals surface area contributed by atoms with E-state index in [9.17, 15) is 4.79 Å². The predicted octanol–water partition coefficient (Wildman–Crippen LogP) is 6.05. The molecule has 0 aliphatic rings. The highest BCUT2D eigenvalue weighted by Crippen LogP contribution is 2.25. The minimum atomic E-state index is -0.144. The second-order valence-electron chi connectivity index (χ2n) is 7.59. The Labute approximate surface area is 174 Å². The number of aromatic nitrogens is 2. The molecule has 1 aromatic heterocycles. The molecule has 0 fully saturated rings. The van der Waals surface area contributed by atoms with E-state index in [2.05, 4.69) is 46.9 Å². The molecular formula is C26H21N3O. The van der Waals surface area contributed by atoms with E-state index in [4.69, 9.17) is 0 Å². The van der Waals surface area contributed by atoms with Crippen LogP contribution in [0.15, 0.2) is 85.2 Å². The number of nitrogens with one attached hydrogen (secondary N) is 1. The van der Waals surface area contributed by atoms with Crippen molar-refractivity contribution >= 4 is 33.4 Å². The van der Waals surface area contributed by atoms with Gasteiger partial charge in [0.15, 0.2) is 0 Å². The summed E-state index contributed by atoms with van der Waals surface area (Å²) >= 11 is 0. The molecule has 0 radical (unpaired) electrons. The van der Waals surface area contributed by atoms with Gasteiger partial charge >= 0.3 is 0 Å². The zero-order valence-electron chi connectivity index (χ0n) is 16.9. The molecule has 0 aliphatic carbocycles. The number of imidazole rings is 1. The second kappa shape index (κ2) is 7.16. The maximum atomic E-state index is 12.9. The van der Waals surface area contributed by atoms with Crippen LogP contribution in [0.3, 0.4) is 0 Å². The van der Waals surface area contributed by atoms with Crippen molar-refractivity contribution in [1.29, 1.82) is 0 Å². The van der Waals surface area contributed by atoms with Gasteiger partial charge in [0.25, 0.3) is 5.91 Å². The Morgan fingerprint density at radius 2 is 1.73 bits per heavy atom. The first-order valence-corrected chi connectivity index (χ1v) is 9.94. The molecule has 5 rings (SSSR count). The zero-order valence-corrected chi connectivity index (χ0v) is 16.9. The summed E-state index contributed by atoms with van der Waals surface area (Å²) in [4.78, 5) is 17.5. The van der Waals surface area contributed by atoms with Crippen LogP contribution in [-0.4, -0.2) is 15.5 Å². The fourth-order valence-electron chi connectivity index (χ4n) is 3.95. The first kappa shape index (κ1) is 18.1. The number of anilines is 1. The van der Waals surface area contributed by atoms with Gasteiger partial charge in [-0.2, -0.15) is 0 Å². The van der Waals surface area contributed by atoms with Gasteiger partial charge in [0.2, 0.25) is 0 Å². The Bertz CT molecular complexity index is 1410. The minimum absolute atomic E-state index is 0.144. The SMILES string of the molecule is Cc1ccc(-n2cnc3cc(C(=O)Nc4cccc5ccccc45)ccc32)c(C)c1. The van der Waals surface area contributed by atoms with E-state index in [1.54, 1.807) is 0 Å². The number of hydrogen-bond acceptors (Lipinski definition) is 2. The lowest BCUT2D eigenvalue weighted by Gasteiger charge is -2.10. The van der Waals surface area contributed by atoms with Gasteiger partial charge < -0.3 is 5.32 Å². The third-order valence-electron chi connectivity index (χ3n) is 5.46. The normalized spacial score (nSPS) is 11.1. The summed E-state index contributed by atoms with van der Waals surface area (Å²) in [6.07, 6.45) is 1.81. The first-order valence-electron chi connectivity index (χ1n) is 9.94. The lowest BCUT2D eigenvalue weighted by atomic mass is 10.1. The Morgan fingerprint density at radius 3 is 2.60 bits per heavy atom. The number of carbonyl (C=O) groups excluding carboxylic acids is 1. The summed E-state index contributed by atoms with van der Waals surface area (Å²) in [7, 11) is 0. The lowest BCUT2D eigenvalue weighted by Crippen LogP contribution is -2.12. The average molecular weight is 391 g/mol. The number of benzene rings is 4. The summed E-state index contributed by atoms with van der Waals surface area (Å²) in [5, 5.41) is 5.16. The van der Waals surface area contributed by atoms with Crippen LogP contribution in [0.5, 0.6) is 0 Å². The van der Waals surface area contributed by atoms with E-state index in [-0.39, 0.29) is 5.91 Å². The third kappa shape index (κ3) is 3.12. The van der Waals surface area contributed by atoms with Gasteiger partial charge in [0.05, 0.1) is 16.7 Å². The van der Waals surface area contributed by atoms with Crippen molar-refractivity contribution in [3.05, 3.63) is 102 Å². The molecule has 0 aliphatic heterocycles. The van der Waals surface area contributed by atoms with Crippen LogP contribution >= 0.6 is 0 Å². The highest BCUT2D eigenvalue weighted by Gasteiger charge is 2.12.